The third-order valence-corrected chi connectivity index (χ3v) is 4.41. The monoisotopic (exact) mass is 384 g/mol. The molecule has 2 heterocycles. The molecule has 0 atom stereocenters. The predicted octanol–water partition coefficient (Wildman–Crippen LogP) is 3.89. The number of ether oxygens (including phenoxy) is 1. The minimum absolute atomic E-state index is 0.198. The molecule has 4 aromatic rings. The Morgan fingerprint density at radius 2 is 1.69 bits per heavy atom. The molecular formula is C23H20N4O2. The number of fused-ring (bicyclic) bond motifs is 1. The van der Waals surface area contributed by atoms with Crippen LogP contribution in [0.2, 0.25) is 0 Å². The summed E-state index contributed by atoms with van der Waals surface area (Å²) in [5, 5.41) is 3.91. The van der Waals surface area contributed by atoms with Crippen molar-refractivity contribution in [2.45, 2.75) is 6.42 Å². The molecule has 2 aromatic heterocycles. The summed E-state index contributed by atoms with van der Waals surface area (Å²) >= 11 is 0. The van der Waals surface area contributed by atoms with E-state index in [1.54, 1.807) is 18.6 Å². The topological polar surface area (TPSA) is 77.0 Å². The highest BCUT2D eigenvalue weighted by molar-refractivity contribution is 5.93. The second-order valence-electron chi connectivity index (χ2n) is 6.45. The summed E-state index contributed by atoms with van der Waals surface area (Å²) in [5.74, 6) is 1.15. The number of aromatic nitrogens is 3. The molecule has 0 saturated heterocycles. The molecule has 4 rings (SSSR count). The minimum Gasteiger partial charge on any atom is -0.491 e. The Morgan fingerprint density at radius 1 is 0.897 bits per heavy atom. The fourth-order valence-electron chi connectivity index (χ4n) is 2.93. The molecule has 0 radical (unpaired) electrons. The van der Waals surface area contributed by atoms with E-state index in [0.29, 0.717) is 31.0 Å². The highest BCUT2D eigenvalue weighted by Crippen LogP contribution is 2.22. The van der Waals surface area contributed by atoms with Gasteiger partial charge in [0.2, 0.25) is 0 Å². The summed E-state index contributed by atoms with van der Waals surface area (Å²) in [4.78, 5) is 25.2. The number of hydrogen-bond donors (Lipinski definition) is 1. The number of carbonyl (C=O) groups excluding carboxylic acids is 1. The van der Waals surface area contributed by atoms with Gasteiger partial charge in [0.15, 0.2) is 5.82 Å². The van der Waals surface area contributed by atoms with Crippen molar-refractivity contribution in [1.82, 2.24) is 20.3 Å². The molecule has 0 saturated carbocycles. The number of rotatable bonds is 7. The first kappa shape index (κ1) is 18.6. The second-order valence-corrected chi connectivity index (χ2v) is 6.45. The van der Waals surface area contributed by atoms with Crippen LogP contribution >= 0.6 is 0 Å². The van der Waals surface area contributed by atoms with Gasteiger partial charge >= 0.3 is 0 Å². The van der Waals surface area contributed by atoms with Gasteiger partial charge in [-0.25, -0.2) is 9.97 Å². The van der Waals surface area contributed by atoms with Gasteiger partial charge in [-0.15, -0.1) is 0 Å². The lowest BCUT2D eigenvalue weighted by Gasteiger charge is -2.09. The number of pyridine rings is 1. The van der Waals surface area contributed by atoms with E-state index in [0.717, 1.165) is 22.2 Å². The fourth-order valence-corrected chi connectivity index (χ4v) is 2.93. The van der Waals surface area contributed by atoms with Crippen LogP contribution in [0.4, 0.5) is 0 Å². The lowest BCUT2D eigenvalue weighted by molar-refractivity contribution is 0.0951. The maximum Gasteiger partial charge on any atom is 0.254 e. The van der Waals surface area contributed by atoms with Gasteiger partial charge in [-0.2, -0.15) is 0 Å². The van der Waals surface area contributed by atoms with Crippen LogP contribution in [0, 0.1) is 0 Å². The Hall–Kier alpha value is -3.80. The van der Waals surface area contributed by atoms with E-state index in [4.69, 9.17) is 4.74 Å². The van der Waals surface area contributed by atoms with E-state index in [2.05, 4.69) is 20.3 Å². The number of carbonyl (C=O) groups is 1. The van der Waals surface area contributed by atoms with Crippen LogP contribution in [-0.2, 0) is 0 Å². The van der Waals surface area contributed by atoms with Crippen molar-refractivity contribution in [3.8, 4) is 17.1 Å². The van der Waals surface area contributed by atoms with Crippen molar-refractivity contribution in [3.63, 3.8) is 0 Å². The van der Waals surface area contributed by atoms with E-state index in [1.807, 2.05) is 60.7 Å². The molecular weight excluding hydrogens is 364 g/mol. The standard InChI is InChI=1S/C23H20N4O2/c28-23(19-15-26-22(27-16-19)18-7-2-1-3-8-18)25-13-6-14-29-20-11-4-9-17-10-5-12-24-21(17)20/h1-5,7-12,15-16H,6,13-14H2,(H,25,28). The Kier molecular flexibility index (Phi) is 5.71. The maximum absolute atomic E-state index is 12.3. The van der Waals surface area contributed by atoms with Crippen molar-refractivity contribution < 1.29 is 9.53 Å². The van der Waals surface area contributed by atoms with Gasteiger partial charge in [0.05, 0.1) is 12.2 Å². The zero-order valence-corrected chi connectivity index (χ0v) is 15.8. The van der Waals surface area contributed by atoms with Gasteiger partial charge in [0.25, 0.3) is 5.91 Å². The Bertz CT molecular complexity index is 1090. The molecule has 29 heavy (non-hydrogen) atoms. The Labute approximate surface area is 168 Å². The van der Waals surface area contributed by atoms with Crippen LogP contribution < -0.4 is 10.1 Å². The normalized spacial score (nSPS) is 10.6. The van der Waals surface area contributed by atoms with Crippen molar-refractivity contribution in [3.05, 3.63) is 84.8 Å². The first-order chi connectivity index (χ1) is 14.3. The van der Waals surface area contributed by atoms with Crippen molar-refractivity contribution >= 4 is 16.8 Å². The quantitative estimate of drug-likeness (QED) is 0.489. The molecule has 144 valence electrons. The van der Waals surface area contributed by atoms with E-state index in [9.17, 15) is 4.79 Å². The van der Waals surface area contributed by atoms with E-state index >= 15 is 0 Å². The van der Waals surface area contributed by atoms with Gasteiger partial charge in [-0.05, 0) is 18.6 Å². The summed E-state index contributed by atoms with van der Waals surface area (Å²) in [5.41, 5.74) is 2.19. The molecule has 0 aliphatic carbocycles. The summed E-state index contributed by atoms with van der Waals surface area (Å²) in [6.45, 7) is 0.983. The molecule has 1 amide bonds. The number of nitrogens with zero attached hydrogens (tertiary/aromatic N) is 3. The molecule has 6 nitrogen and oxygen atoms in total. The lowest BCUT2D eigenvalue weighted by Crippen LogP contribution is -2.25. The molecule has 0 unspecified atom stereocenters. The molecule has 0 bridgehead atoms. The zero-order valence-electron chi connectivity index (χ0n) is 15.8. The van der Waals surface area contributed by atoms with Crippen LogP contribution in [0.15, 0.2) is 79.3 Å². The van der Waals surface area contributed by atoms with E-state index in [1.165, 1.54) is 0 Å². The molecule has 0 spiro atoms. The third kappa shape index (κ3) is 4.55. The van der Waals surface area contributed by atoms with Gasteiger partial charge in [0.1, 0.15) is 11.3 Å². The largest absolute Gasteiger partial charge is 0.491 e. The average molecular weight is 384 g/mol. The number of hydrogen-bond acceptors (Lipinski definition) is 5. The van der Waals surface area contributed by atoms with Crippen molar-refractivity contribution in [1.29, 1.82) is 0 Å². The number of benzene rings is 2. The van der Waals surface area contributed by atoms with Crippen LogP contribution in [-0.4, -0.2) is 34.0 Å². The zero-order chi connectivity index (χ0) is 19.9. The van der Waals surface area contributed by atoms with E-state index < -0.39 is 0 Å². The summed E-state index contributed by atoms with van der Waals surface area (Å²) in [7, 11) is 0. The van der Waals surface area contributed by atoms with E-state index in [-0.39, 0.29) is 5.91 Å². The molecule has 2 aromatic carbocycles. The first-order valence-electron chi connectivity index (χ1n) is 9.43. The molecule has 0 fully saturated rings. The molecule has 1 N–H and O–H groups in total. The smallest absolute Gasteiger partial charge is 0.254 e. The second kappa shape index (κ2) is 8.93. The molecule has 0 aliphatic rings. The van der Waals surface area contributed by atoms with Crippen LogP contribution in [0.3, 0.4) is 0 Å². The van der Waals surface area contributed by atoms with Crippen molar-refractivity contribution in [2.24, 2.45) is 0 Å². The van der Waals surface area contributed by atoms with Crippen LogP contribution in [0.5, 0.6) is 5.75 Å². The highest BCUT2D eigenvalue weighted by Gasteiger charge is 2.08. The molecule has 0 aliphatic heterocycles. The SMILES string of the molecule is O=C(NCCCOc1cccc2cccnc12)c1cnc(-c2ccccc2)nc1. The number of nitrogens with one attached hydrogen (secondary N) is 1. The Morgan fingerprint density at radius 3 is 2.52 bits per heavy atom. The van der Waals surface area contributed by atoms with Crippen LogP contribution in [0.1, 0.15) is 16.8 Å². The summed E-state index contributed by atoms with van der Waals surface area (Å²) in [6, 6.07) is 19.4. The summed E-state index contributed by atoms with van der Waals surface area (Å²) < 4.78 is 5.83. The van der Waals surface area contributed by atoms with Crippen molar-refractivity contribution in [2.75, 3.05) is 13.2 Å². The average Bonchev–Trinajstić information content (AvgIpc) is 2.79. The van der Waals surface area contributed by atoms with Gasteiger partial charge < -0.3 is 10.1 Å². The maximum atomic E-state index is 12.3. The lowest BCUT2D eigenvalue weighted by atomic mass is 10.2. The van der Waals surface area contributed by atoms with Crippen LogP contribution in [0.25, 0.3) is 22.3 Å². The fraction of sp³-hybridized carbons (Fsp3) is 0.130. The first-order valence-corrected chi connectivity index (χ1v) is 9.43. The Balaban J connectivity index is 1.26. The van der Waals surface area contributed by atoms with Gasteiger partial charge in [-0.3, -0.25) is 9.78 Å². The minimum atomic E-state index is -0.198. The highest BCUT2D eigenvalue weighted by atomic mass is 16.5. The van der Waals surface area contributed by atoms with Gasteiger partial charge in [-0.1, -0.05) is 48.5 Å². The number of amides is 1. The molecule has 6 heteroatoms. The predicted molar refractivity (Wildman–Crippen MR) is 112 cm³/mol. The summed E-state index contributed by atoms with van der Waals surface area (Å²) in [6.07, 6.45) is 5.52. The van der Waals surface area contributed by atoms with Gasteiger partial charge in [0, 0.05) is 36.1 Å². The number of para-hydroxylation sites is 1. The third-order valence-electron chi connectivity index (χ3n) is 4.41.